The van der Waals surface area contributed by atoms with Crippen LogP contribution in [-0.4, -0.2) is 23.5 Å². The van der Waals surface area contributed by atoms with Crippen molar-refractivity contribution in [3.63, 3.8) is 0 Å². The maximum atomic E-state index is 10.9. The van der Waals surface area contributed by atoms with Gasteiger partial charge in [-0.15, -0.1) is 0 Å². The summed E-state index contributed by atoms with van der Waals surface area (Å²) in [5, 5.41) is 10.6. The van der Waals surface area contributed by atoms with Crippen LogP contribution < -0.4 is 0 Å². The van der Waals surface area contributed by atoms with Crippen LogP contribution in [0.1, 0.15) is 11.5 Å². The number of rotatable bonds is 4. The summed E-state index contributed by atoms with van der Waals surface area (Å²) in [6, 6.07) is 1.63. The molecule has 0 aliphatic carbocycles. The number of furan rings is 1. The van der Waals surface area contributed by atoms with E-state index < -0.39 is 22.9 Å². The van der Waals surface area contributed by atoms with Crippen LogP contribution in [0.15, 0.2) is 35.2 Å². The summed E-state index contributed by atoms with van der Waals surface area (Å²) in [5.41, 5.74) is 0.654. The third-order valence-corrected chi connectivity index (χ3v) is 2.39. The Bertz CT molecular complexity index is 422. The lowest BCUT2D eigenvalue weighted by atomic mass is 9.96. The Labute approximate surface area is 90.6 Å². The smallest absolute Gasteiger partial charge is 0.331 e. The van der Waals surface area contributed by atoms with E-state index in [4.69, 9.17) is 9.15 Å². The van der Waals surface area contributed by atoms with Crippen molar-refractivity contribution in [2.24, 2.45) is 0 Å². The molecule has 1 aliphatic heterocycles. The third-order valence-electron chi connectivity index (χ3n) is 2.39. The predicted octanol–water partition coefficient (Wildman–Crippen LogP) is 1.12. The van der Waals surface area contributed by atoms with Gasteiger partial charge in [-0.2, -0.15) is 0 Å². The average Bonchev–Trinajstić information content (AvgIpc) is 2.84. The minimum Gasteiger partial charge on any atom is -0.472 e. The molecular weight excluding hydrogens is 214 g/mol. The van der Waals surface area contributed by atoms with Gasteiger partial charge in [0.05, 0.1) is 18.4 Å². The highest BCUT2D eigenvalue weighted by molar-refractivity contribution is 5.84. The van der Waals surface area contributed by atoms with Gasteiger partial charge in [0.15, 0.2) is 0 Å². The van der Waals surface area contributed by atoms with E-state index >= 15 is 0 Å². The molecule has 2 rings (SSSR count). The summed E-state index contributed by atoms with van der Waals surface area (Å²) in [6.45, 7) is -0.304. The number of carbonyl (C=O) groups is 1. The first-order valence-electron chi connectivity index (χ1n) is 4.69. The molecule has 0 unspecified atom stereocenters. The maximum absolute atomic E-state index is 10.9. The van der Waals surface area contributed by atoms with E-state index in [0.29, 0.717) is 5.56 Å². The molecule has 1 aromatic rings. The summed E-state index contributed by atoms with van der Waals surface area (Å²) in [5.74, 6) is -0.974. The van der Waals surface area contributed by atoms with Crippen molar-refractivity contribution < 1.29 is 18.9 Å². The Morgan fingerprint density at radius 1 is 1.56 bits per heavy atom. The van der Waals surface area contributed by atoms with E-state index in [1.807, 2.05) is 0 Å². The SMILES string of the molecule is O=C1C=C[C@H]([C@@H](C[N+](=O)[O-])c2ccoc2)O1. The van der Waals surface area contributed by atoms with Crippen LogP contribution in [0, 0.1) is 10.1 Å². The molecule has 2 heterocycles. The van der Waals surface area contributed by atoms with E-state index in [1.165, 1.54) is 24.7 Å². The van der Waals surface area contributed by atoms with Gasteiger partial charge in [0.2, 0.25) is 6.54 Å². The first-order chi connectivity index (χ1) is 7.66. The first kappa shape index (κ1) is 10.4. The van der Waals surface area contributed by atoms with Crippen molar-refractivity contribution >= 4 is 5.97 Å². The van der Waals surface area contributed by atoms with Gasteiger partial charge in [0, 0.05) is 16.6 Å². The zero-order valence-electron chi connectivity index (χ0n) is 8.24. The van der Waals surface area contributed by atoms with Crippen LogP contribution in [0.3, 0.4) is 0 Å². The molecule has 0 amide bonds. The number of ether oxygens (including phenoxy) is 1. The lowest BCUT2D eigenvalue weighted by Crippen LogP contribution is -2.25. The Kier molecular flexibility index (Phi) is 2.72. The molecule has 0 spiro atoms. The van der Waals surface area contributed by atoms with Crippen molar-refractivity contribution in [1.82, 2.24) is 0 Å². The summed E-state index contributed by atoms with van der Waals surface area (Å²) in [6.07, 6.45) is 5.08. The summed E-state index contributed by atoms with van der Waals surface area (Å²) in [4.78, 5) is 21.0. The Hall–Kier alpha value is -2.11. The largest absolute Gasteiger partial charge is 0.472 e. The molecule has 0 saturated carbocycles. The number of hydrogen-bond acceptors (Lipinski definition) is 5. The van der Waals surface area contributed by atoms with Gasteiger partial charge >= 0.3 is 5.97 Å². The number of carbonyl (C=O) groups excluding carboxylic acids is 1. The molecular formula is C10H9NO5. The van der Waals surface area contributed by atoms with E-state index in [1.54, 1.807) is 6.07 Å². The molecule has 0 aromatic carbocycles. The van der Waals surface area contributed by atoms with Crippen molar-refractivity contribution in [2.45, 2.75) is 12.0 Å². The number of nitro groups is 1. The average molecular weight is 223 g/mol. The zero-order valence-corrected chi connectivity index (χ0v) is 8.24. The Morgan fingerprint density at radius 2 is 2.38 bits per heavy atom. The molecule has 6 nitrogen and oxygen atoms in total. The molecule has 2 atom stereocenters. The zero-order chi connectivity index (χ0) is 11.5. The highest BCUT2D eigenvalue weighted by Crippen LogP contribution is 2.26. The fourth-order valence-corrected chi connectivity index (χ4v) is 1.65. The number of esters is 1. The fourth-order valence-electron chi connectivity index (χ4n) is 1.65. The van der Waals surface area contributed by atoms with Gasteiger partial charge in [-0.05, 0) is 12.1 Å². The van der Waals surface area contributed by atoms with Gasteiger partial charge in [0.25, 0.3) is 0 Å². The second kappa shape index (κ2) is 4.18. The fraction of sp³-hybridized carbons (Fsp3) is 0.300. The second-order valence-corrected chi connectivity index (χ2v) is 3.44. The van der Waals surface area contributed by atoms with Crippen LogP contribution in [0.5, 0.6) is 0 Å². The predicted molar refractivity (Wildman–Crippen MR) is 52.3 cm³/mol. The Balaban J connectivity index is 2.18. The highest BCUT2D eigenvalue weighted by Gasteiger charge is 2.32. The summed E-state index contributed by atoms with van der Waals surface area (Å²) >= 11 is 0. The normalized spacial score (nSPS) is 20.8. The van der Waals surface area contributed by atoms with E-state index in [2.05, 4.69) is 0 Å². The lowest BCUT2D eigenvalue weighted by molar-refractivity contribution is -0.484. The van der Waals surface area contributed by atoms with Gasteiger partial charge in [0.1, 0.15) is 6.10 Å². The maximum Gasteiger partial charge on any atom is 0.331 e. The van der Waals surface area contributed by atoms with E-state index in [-0.39, 0.29) is 6.54 Å². The third kappa shape index (κ3) is 2.10. The number of nitrogens with zero attached hydrogens (tertiary/aromatic N) is 1. The molecule has 0 fully saturated rings. The minimum atomic E-state index is -0.588. The molecule has 1 aromatic heterocycles. The standard InChI is InChI=1S/C10H9NO5/c12-10-2-1-9(16-10)8(5-11(13)14)7-3-4-15-6-7/h1-4,6,8-9H,5H2/t8-,9+/m0/s1. The van der Waals surface area contributed by atoms with Crippen LogP contribution >= 0.6 is 0 Å². The van der Waals surface area contributed by atoms with E-state index in [9.17, 15) is 14.9 Å². The van der Waals surface area contributed by atoms with Crippen molar-refractivity contribution in [1.29, 1.82) is 0 Å². The minimum absolute atomic E-state index is 0.304. The van der Waals surface area contributed by atoms with Gasteiger partial charge in [-0.3, -0.25) is 10.1 Å². The topological polar surface area (TPSA) is 82.6 Å². The summed E-state index contributed by atoms with van der Waals surface area (Å²) < 4.78 is 9.83. The van der Waals surface area contributed by atoms with Crippen LogP contribution in [0.25, 0.3) is 0 Å². The van der Waals surface area contributed by atoms with Crippen LogP contribution in [0.4, 0.5) is 0 Å². The monoisotopic (exact) mass is 223 g/mol. The first-order valence-corrected chi connectivity index (χ1v) is 4.69. The molecule has 0 bridgehead atoms. The van der Waals surface area contributed by atoms with Crippen molar-refractivity contribution in [3.8, 4) is 0 Å². The molecule has 6 heteroatoms. The molecule has 0 N–H and O–H groups in total. The molecule has 16 heavy (non-hydrogen) atoms. The van der Waals surface area contributed by atoms with Crippen molar-refractivity contribution in [3.05, 3.63) is 46.4 Å². The highest BCUT2D eigenvalue weighted by atomic mass is 16.6. The molecule has 1 aliphatic rings. The van der Waals surface area contributed by atoms with Crippen molar-refractivity contribution in [2.75, 3.05) is 6.54 Å². The summed E-state index contributed by atoms with van der Waals surface area (Å²) in [7, 11) is 0. The number of hydrogen-bond donors (Lipinski definition) is 0. The molecule has 84 valence electrons. The molecule has 0 saturated heterocycles. The molecule has 0 radical (unpaired) electrons. The van der Waals surface area contributed by atoms with Gasteiger partial charge in [-0.25, -0.2) is 4.79 Å². The van der Waals surface area contributed by atoms with Gasteiger partial charge < -0.3 is 9.15 Å². The quantitative estimate of drug-likeness (QED) is 0.434. The van der Waals surface area contributed by atoms with E-state index in [0.717, 1.165) is 0 Å². The van der Waals surface area contributed by atoms with Gasteiger partial charge in [-0.1, -0.05) is 0 Å². The second-order valence-electron chi connectivity index (χ2n) is 3.44. The lowest BCUT2D eigenvalue weighted by Gasteiger charge is -2.16. The number of cyclic esters (lactones) is 1. The Morgan fingerprint density at radius 3 is 2.88 bits per heavy atom. The van der Waals surface area contributed by atoms with Crippen LogP contribution in [0.2, 0.25) is 0 Å². The van der Waals surface area contributed by atoms with Crippen LogP contribution in [-0.2, 0) is 9.53 Å².